The topological polar surface area (TPSA) is 38.7 Å². The minimum absolute atomic E-state index is 0.451. The highest BCUT2D eigenvalue weighted by atomic mass is 35.5. The van der Waals surface area contributed by atoms with Crippen LogP contribution in [0.15, 0.2) is 24.3 Å². The Bertz CT molecular complexity index is 429. The first-order valence-corrected chi connectivity index (χ1v) is 5.40. The lowest BCUT2D eigenvalue weighted by atomic mass is 10.0. The van der Waals surface area contributed by atoms with E-state index in [2.05, 4.69) is 6.58 Å². The molecular weight excluding hydrogens is 228 g/mol. The number of hydrogen-bond donors (Lipinski definition) is 1. The van der Waals surface area contributed by atoms with Gasteiger partial charge in [0, 0.05) is 0 Å². The second-order valence-electron chi connectivity index (χ2n) is 3.78. The van der Waals surface area contributed by atoms with E-state index in [0.29, 0.717) is 40.9 Å². The predicted molar refractivity (Wildman–Crippen MR) is 62.2 cm³/mol. The van der Waals surface area contributed by atoms with Gasteiger partial charge in [-0.3, -0.25) is 0 Å². The lowest BCUT2D eigenvalue weighted by Crippen LogP contribution is -2.16. The first-order valence-electron chi connectivity index (χ1n) is 5.02. The molecule has 4 heteroatoms. The summed E-state index contributed by atoms with van der Waals surface area (Å²) in [5.74, 6) is 1.12. The fourth-order valence-electron chi connectivity index (χ4n) is 1.57. The molecule has 0 aromatic heterocycles. The number of benzene rings is 1. The largest absolute Gasteiger partial charge is 0.486 e. The van der Waals surface area contributed by atoms with Crippen molar-refractivity contribution in [1.29, 1.82) is 0 Å². The maximum Gasteiger partial charge on any atom is 0.179 e. The Hall–Kier alpha value is -1.19. The Kier molecular flexibility index (Phi) is 3.08. The van der Waals surface area contributed by atoms with E-state index >= 15 is 0 Å². The van der Waals surface area contributed by atoms with Crippen LogP contribution in [0.2, 0.25) is 5.02 Å². The molecule has 0 radical (unpaired) electrons. The number of rotatable bonds is 2. The summed E-state index contributed by atoms with van der Waals surface area (Å²) >= 11 is 6.05. The van der Waals surface area contributed by atoms with E-state index in [1.165, 1.54) is 0 Å². The molecule has 3 nitrogen and oxygen atoms in total. The number of aliphatic hydroxyl groups excluding tert-OH is 1. The van der Waals surface area contributed by atoms with Crippen LogP contribution in [0.1, 0.15) is 18.6 Å². The number of halogens is 1. The predicted octanol–water partition coefficient (Wildman–Crippen LogP) is 2.72. The highest BCUT2D eigenvalue weighted by Gasteiger charge is 2.19. The van der Waals surface area contributed by atoms with Crippen molar-refractivity contribution < 1.29 is 14.6 Å². The maximum atomic E-state index is 9.87. The number of aliphatic hydroxyl groups is 1. The second-order valence-corrected chi connectivity index (χ2v) is 4.18. The zero-order valence-electron chi connectivity index (χ0n) is 9.00. The van der Waals surface area contributed by atoms with Crippen molar-refractivity contribution in [3.8, 4) is 11.5 Å². The van der Waals surface area contributed by atoms with Crippen LogP contribution >= 0.6 is 11.6 Å². The van der Waals surface area contributed by atoms with E-state index in [9.17, 15) is 5.11 Å². The van der Waals surface area contributed by atoms with Gasteiger partial charge in [0.25, 0.3) is 0 Å². The van der Waals surface area contributed by atoms with Crippen LogP contribution in [0, 0.1) is 0 Å². The molecule has 2 rings (SSSR count). The molecule has 1 aliphatic heterocycles. The fraction of sp³-hybridized carbons (Fsp3) is 0.333. The number of hydrogen-bond acceptors (Lipinski definition) is 3. The molecule has 0 spiro atoms. The zero-order valence-corrected chi connectivity index (χ0v) is 9.75. The van der Waals surface area contributed by atoms with Crippen molar-refractivity contribution in [1.82, 2.24) is 0 Å². The van der Waals surface area contributed by atoms with Gasteiger partial charge in [-0.2, -0.15) is 0 Å². The number of fused-ring (bicyclic) bond motifs is 1. The summed E-state index contributed by atoms with van der Waals surface area (Å²) in [6.45, 7) is 6.46. The maximum absolute atomic E-state index is 9.87. The SMILES string of the molecule is C=C(C)C(O)c1cc(Cl)c2c(c1)OCCO2. The van der Waals surface area contributed by atoms with Gasteiger partial charge in [0.2, 0.25) is 0 Å². The molecule has 1 aromatic carbocycles. The molecule has 0 saturated heterocycles. The molecule has 1 aliphatic rings. The Morgan fingerprint density at radius 3 is 2.81 bits per heavy atom. The van der Waals surface area contributed by atoms with Crippen molar-refractivity contribution in [3.05, 3.63) is 34.9 Å². The molecule has 1 N–H and O–H groups in total. The van der Waals surface area contributed by atoms with Gasteiger partial charge < -0.3 is 14.6 Å². The summed E-state index contributed by atoms with van der Waals surface area (Å²) in [5.41, 5.74) is 1.33. The van der Waals surface area contributed by atoms with Gasteiger partial charge in [-0.1, -0.05) is 18.2 Å². The summed E-state index contributed by atoms with van der Waals surface area (Å²) in [6.07, 6.45) is -0.728. The van der Waals surface area contributed by atoms with Crippen LogP contribution in [0.5, 0.6) is 11.5 Å². The molecule has 16 heavy (non-hydrogen) atoms. The molecule has 1 unspecified atom stereocenters. The Morgan fingerprint density at radius 2 is 2.12 bits per heavy atom. The highest BCUT2D eigenvalue weighted by Crippen LogP contribution is 2.40. The van der Waals surface area contributed by atoms with E-state index < -0.39 is 6.10 Å². The van der Waals surface area contributed by atoms with Gasteiger partial charge >= 0.3 is 0 Å². The van der Waals surface area contributed by atoms with Crippen molar-refractivity contribution in [2.24, 2.45) is 0 Å². The summed E-state index contributed by atoms with van der Waals surface area (Å²) in [7, 11) is 0. The highest BCUT2D eigenvalue weighted by molar-refractivity contribution is 6.32. The van der Waals surface area contributed by atoms with Crippen LogP contribution < -0.4 is 9.47 Å². The smallest absolute Gasteiger partial charge is 0.179 e. The second kappa shape index (κ2) is 4.36. The standard InChI is InChI=1S/C12H13ClO3/c1-7(2)11(14)8-5-9(13)12-10(6-8)15-3-4-16-12/h5-6,11,14H,1,3-4H2,2H3. The van der Waals surface area contributed by atoms with Crippen LogP contribution in [0.3, 0.4) is 0 Å². The quantitative estimate of drug-likeness (QED) is 0.808. The van der Waals surface area contributed by atoms with Crippen LogP contribution in [0.4, 0.5) is 0 Å². The average Bonchev–Trinajstić information content (AvgIpc) is 2.28. The minimum Gasteiger partial charge on any atom is -0.486 e. The van der Waals surface area contributed by atoms with Gasteiger partial charge in [-0.25, -0.2) is 0 Å². The van der Waals surface area contributed by atoms with Gasteiger partial charge in [-0.05, 0) is 30.2 Å². The van der Waals surface area contributed by atoms with Crippen LogP contribution in [-0.4, -0.2) is 18.3 Å². The van der Waals surface area contributed by atoms with Gasteiger partial charge in [-0.15, -0.1) is 0 Å². The molecule has 0 bridgehead atoms. The third kappa shape index (κ3) is 2.01. The van der Waals surface area contributed by atoms with Crippen LogP contribution in [-0.2, 0) is 0 Å². The minimum atomic E-state index is -0.728. The van der Waals surface area contributed by atoms with Gasteiger partial charge in [0.15, 0.2) is 11.5 Å². The lowest BCUT2D eigenvalue weighted by molar-refractivity contribution is 0.169. The molecule has 0 fully saturated rings. The first kappa shape index (κ1) is 11.3. The first-order chi connectivity index (χ1) is 7.59. The average molecular weight is 241 g/mol. The number of ether oxygens (including phenoxy) is 2. The van der Waals surface area contributed by atoms with Crippen molar-refractivity contribution in [3.63, 3.8) is 0 Å². The van der Waals surface area contributed by atoms with E-state index in [4.69, 9.17) is 21.1 Å². The summed E-state index contributed by atoms with van der Waals surface area (Å²) < 4.78 is 10.8. The van der Waals surface area contributed by atoms with Gasteiger partial charge in [0.1, 0.15) is 13.2 Å². The van der Waals surface area contributed by atoms with Crippen LogP contribution in [0.25, 0.3) is 0 Å². The molecule has 1 aromatic rings. The molecule has 1 heterocycles. The molecule has 0 saturated carbocycles. The fourth-order valence-corrected chi connectivity index (χ4v) is 1.85. The Morgan fingerprint density at radius 1 is 1.44 bits per heavy atom. The third-order valence-electron chi connectivity index (χ3n) is 2.40. The Labute approximate surface area is 99.3 Å². The molecule has 1 atom stereocenters. The van der Waals surface area contributed by atoms with Gasteiger partial charge in [0.05, 0.1) is 11.1 Å². The zero-order chi connectivity index (χ0) is 11.7. The summed E-state index contributed by atoms with van der Waals surface area (Å²) in [5, 5.41) is 10.3. The monoisotopic (exact) mass is 240 g/mol. The van der Waals surface area contributed by atoms with E-state index in [1.807, 2.05) is 0 Å². The van der Waals surface area contributed by atoms with Crippen molar-refractivity contribution in [2.75, 3.05) is 13.2 Å². The van der Waals surface area contributed by atoms with Crippen molar-refractivity contribution >= 4 is 11.6 Å². The molecular formula is C12H13ClO3. The van der Waals surface area contributed by atoms with E-state index in [1.54, 1.807) is 19.1 Å². The van der Waals surface area contributed by atoms with E-state index in [0.717, 1.165) is 0 Å². The molecule has 0 amide bonds. The molecule has 86 valence electrons. The Balaban J connectivity index is 2.42. The molecule has 0 aliphatic carbocycles. The van der Waals surface area contributed by atoms with Crippen molar-refractivity contribution in [2.45, 2.75) is 13.0 Å². The summed E-state index contributed by atoms with van der Waals surface area (Å²) in [4.78, 5) is 0. The van der Waals surface area contributed by atoms with E-state index in [-0.39, 0.29) is 0 Å². The summed E-state index contributed by atoms with van der Waals surface area (Å²) in [6, 6.07) is 3.41. The third-order valence-corrected chi connectivity index (χ3v) is 2.68. The normalized spacial score (nSPS) is 15.7. The lowest BCUT2D eigenvalue weighted by Gasteiger charge is -2.21.